The number of imidazole rings is 1. The molecule has 4 heteroatoms. The average Bonchev–Trinajstić information content (AvgIpc) is 2.80. The van der Waals surface area contributed by atoms with Crippen LogP contribution in [0.1, 0.15) is 37.7 Å². The van der Waals surface area contributed by atoms with Gasteiger partial charge in [0.05, 0.1) is 6.04 Å². The van der Waals surface area contributed by atoms with Gasteiger partial charge in [0, 0.05) is 29.3 Å². The van der Waals surface area contributed by atoms with Gasteiger partial charge < -0.3 is 10.3 Å². The maximum atomic E-state index is 6.22. The molecule has 0 aliphatic heterocycles. The molecule has 2 rings (SSSR count). The summed E-state index contributed by atoms with van der Waals surface area (Å²) in [6, 6.07) is 8.37. The van der Waals surface area contributed by atoms with Crippen LogP contribution in [-0.2, 0) is 6.42 Å². The molecule has 1 aromatic heterocycles. The Hall–Kier alpha value is -1.13. The van der Waals surface area contributed by atoms with E-state index in [2.05, 4.69) is 44.5 Å². The molecule has 19 heavy (non-hydrogen) atoms. The summed E-state index contributed by atoms with van der Waals surface area (Å²) in [5.41, 5.74) is 7.43. The van der Waals surface area contributed by atoms with E-state index < -0.39 is 0 Å². The summed E-state index contributed by atoms with van der Waals surface area (Å²) < 4.78 is 3.29. The van der Waals surface area contributed by atoms with Gasteiger partial charge in [0.2, 0.25) is 0 Å². The van der Waals surface area contributed by atoms with Gasteiger partial charge in [0.15, 0.2) is 0 Å². The van der Waals surface area contributed by atoms with E-state index in [4.69, 9.17) is 5.73 Å². The van der Waals surface area contributed by atoms with Crippen molar-refractivity contribution in [1.82, 2.24) is 9.55 Å². The van der Waals surface area contributed by atoms with Crippen LogP contribution < -0.4 is 5.73 Å². The van der Waals surface area contributed by atoms with Crippen molar-refractivity contribution in [2.75, 3.05) is 0 Å². The van der Waals surface area contributed by atoms with Crippen molar-refractivity contribution < 1.29 is 0 Å². The van der Waals surface area contributed by atoms with E-state index in [-0.39, 0.29) is 12.1 Å². The minimum absolute atomic E-state index is 0.0171. The van der Waals surface area contributed by atoms with Crippen molar-refractivity contribution in [3.8, 4) is 0 Å². The monoisotopic (exact) mass is 321 g/mol. The molecule has 1 heterocycles. The first-order valence-corrected chi connectivity index (χ1v) is 7.46. The second-order valence-corrected chi connectivity index (χ2v) is 5.68. The number of rotatable bonds is 5. The van der Waals surface area contributed by atoms with Gasteiger partial charge in [-0.2, -0.15) is 0 Å². The van der Waals surface area contributed by atoms with E-state index in [0.717, 1.165) is 23.1 Å². The zero-order valence-corrected chi connectivity index (χ0v) is 13.0. The number of aromatic nitrogens is 2. The molecule has 2 atom stereocenters. The van der Waals surface area contributed by atoms with Crippen LogP contribution >= 0.6 is 15.9 Å². The second-order valence-electron chi connectivity index (χ2n) is 4.83. The zero-order valence-electron chi connectivity index (χ0n) is 11.4. The molecular formula is C15H20BrN3. The van der Waals surface area contributed by atoms with Crippen LogP contribution in [0.3, 0.4) is 0 Å². The Balaban J connectivity index is 2.46. The minimum Gasteiger partial charge on any atom is -0.326 e. The molecule has 0 amide bonds. The highest BCUT2D eigenvalue weighted by molar-refractivity contribution is 9.10. The summed E-state index contributed by atoms with van der Waals surface area (Å²) in [5.74, 6) is 1.10. The van der Waals surface area contributed by atoms with Crippen LogP contribution in [0.4, 0.5) is 0 Å². The molecule has 2 N–H and O–H groups in total. The molecule has 0 saturated carbocycles. The summed E-state index contributed by atoms with van der Waals surface area (Å²) in [6.45, 7) is 4.21. The van der Waals surface area contributed by atoms with E-state index in [1.54, 1.807) is 0 Å². The van der Waals surface area contributed by atoms with Crippen molar-refractivity contribution in [3.05, 3.63) is 52.5 Å². The Bertz CT molecular complexity index is 534. The van der Waals surface area contributed by atoms with Crippen LogP contribution in [0.5, 0.6) is 0 Å². The van der Waals surface area contributed by atoms with Gasteiger partial charge in [-0.15, -0.1) is 0 Å². The first kappa shape index (κ1) is 14.3. The van der Waals surface area contributed by atoms with Crippen LogP contribution in [-0.4, -0.2) is 15.6 Å². The van der Waals surface area contributed by atoms with Crippen LogP contribution in [0.25, 0.3) is 0 Å². The average molecular weight is 322 g/mol. The zero-order chi connectivity index (χ0) is 13.8. The molecule has 0 aliphatic carbocycles. The maximum Gasteiger partial charge on any atom is 0.109 e. The summed E-state index contributed by atoms with van der Waals surface area (Å²) in [6.07, 6.45) is 5.94. The number of hydrogen-bond acceptors (Lipinski definition) is 2. The van der Waals surface area contributed by atoms with Gasteiger partial charge in [-0.1, -0.05) is 41.1 Å². The smallest absolute Gasteiger partial charge is 0.109 e. The van der Waals surface area contributed by atoms with Gasteiger partial charge in [0.1, 0.15) is 5.82 Å². The fraction of sp³-hybridized carbons (Fsp3) is 0.400. The number of nitrogens with zero attached hydrogens (tertiary/aromatic N) is 2. The van der Waals surface area contributed by atoms with E-state index in [1.165, 1.54) is 5.56 Å². The molecule has 0 radical (unpaired) electrons. The van der Waals surface area contributed by atoms with Crippen molar-refractivity contribution in [2.24, 2.45) is 5.73 Å². The molecular weight excluding hydrogens is 302 g/mol. The first-order valence-electron chi connectivity index (χ1n) is 6.66. The molecule has 2 aromatic rings. The quantitative estimate of drug-likeness (QED) is 0.915. The maximum absolute atomic E-state index is 6.22. The molecule has 0 bridgehead atoms. The number of hydrogen-bond donors (Lipinski definition) is 1. The van der Waals surface area contributed by atoms with E-state index in [0.29, 0.717) is 0 Å². The lowest BCUT2D eigenvalue weighted by Gasteiger charge is -2.25. The van der Waals surface area contributed by atoms with Gasteiger partial charge in [-0.05, 0) is 25.0 Å². The number of aryl methyl sites for hydroxylation is 1. The lowest BCUT2D eigenvalue weighted by atomic mass is 10.0. The lowest BCUT2D eigenvalue weighted by molar-refractivity contribution is 0.476. The number of halogens is 1. The Kier molecular flexibility index (Phi) is 4.77. The Labute approximate surface area is 123 Å². The van der Waals surface area contributed by atoms with E-state index in [9.17, 15) is 0 Å². The third kappa shape index (κ3) is 3.07. The van der Waals surface area contributed by atoms with Gasteiger partial charge in [-0.25, -0.2) is 4.98 Å². The standard InChI is InChI=1S/C15H20BrN3/c1-3-6-14-18-9-10-19(14)15(11(2)17)12-7-4-5-8-13(12)16/h4-5,7-11,15H,3,6,17H2,1-2H3. The third-order valence-electron chi connectivity index (χ3n) is 3.24. The summed E-state index contributed by atoms with van der Waals surface area (Å²) >= 11 is 3.63. The molecule has 0 fully saturated rings. The fourth-order valence-corrected chi connectivity index (χ4v) is 2.94. The molecule has 102 valence electrons. The van der Waals surface area contributed by atoms with Gasteiger partial charge >= 0.3 is 0 Å². The SMILES string of the molecule is CCCc1nccn1C(c1ccccc1Br)C(C)N. The molecule has 2 unspecified atom stereocenters. The van der Waals surface area contributed by atoms with E-state index in [1.807, 2.05) is 31.5 Å². The summed E-state index contributed by atoms with van der Waals surface area (Å²) in [4.78, 5) is 4.46. The van der Waals surface area contributed by atoms with Crippen molar-refractivity contribution in [3.63, 3.8) is 0 Å². The minimum atomic E-state index is 0.0171. The van der Waals surface area contributed by atoms with Crippen molar-refractivity contribution in [1.29, 1.82) is 0 Å². The first-order chi connectivity index (χ1) is 9.15. The highest BCUT2D eigenvalue weighted by Gasteiger charge is 2.22. The largest absolute Gasteiger partial charge is 0.326 e. The van der Waals surface area contributed by atoms with E-state index >= 15 is 0 Å². The van der Waals surface area contributed by atoms with Gasteiger partial charge in [0.25, 0.3) is 0 Å². The molecule has 1 aromatic carbocycles. The summed E-state index contributed by atoms with van der Waals surface area (Å²) in [5, 5.41) is 0. The Morgan fingerprint density at radius 1 is 1.37 bits per heavy atom. The van der Waals surface area contributed by atoms with Crippen LogP contribution in [0.2, 0.25) is 0 Å². The topological polar surface area (TPSA) is 43.8 Å². The molecule has 0 aliphatic rings. The third-order valence-corrected chi connectivity index (χ3v) is 3.97. The Morgan fingerprint density at radius 2 is 2.11 bits per heavy atom. The van der Waals surface area contributed by atoms with Crippen molar-refractivity contribution >= 4 is 15.9 Å². The molecule has 3 nitrogen and oxygen atoms in total. The molecule has 0 saturated heterocycles. The lowest BCUT2D eigenvalue weighted by Crippen LogP contribution is -2.31. The highest BCUT2D eigenvalue weighted by atomic mass is 79.9. The number of nitrogens with two attached hydrogens (primary N) is 1. The van der Waals surface area contributed by atoms with Crippen LogP contribution in [0, 0.1) is 0 Å². The predicted molar refractivity (Wildman–Crippen MR) is 82.2 cm³/mol. The summed E-state index contributed by atoms with van der Waals surface area (Å²) in [7, 11) is 0. The van der Waals surface area contributed by atoms with Gasteiger partial charge in [-0.3, -0.25) is 0 Å². The Morgan fingerprint density at radius 3 is 2.74 bits per heavy atom. The molecule has 0 spiro atoms. The second kappa shape index (κ2) is 6.35. The normalized spacial score (nSPS) is 14.3. The fourth-order valence-electron chi connectivity index (χ4n) is 2.42. The number of benzene rings is 1. The highest BCUT2D eigenvalue weighted by Crippen LogP contribution is 2.29. The predicted octanol–water partition coefficient (Wildman–Crippen LogP) is 3.53. The van der Waals surface area contributed by atoms with Crippen molar-refractivity contribution in [2.45, 2.75) is 38.8 Å². The van der Waals surface area contributed by atoms with Crippen LogP contribution in [0.15, 0.2) is 41.1 Å².